The molecule has 8 heavy (non-hydrogen) atoms. The van der Waals surface area contributed by atoms with Crippen LogP contribution in [0, 0.1) is 0 Å². The van der Waals surface area contributed by atoms with Crippen molar-refractivity contribution in [3.05, 3.63) is 0 Å². The Morgan fingerprint density at radius 3 is 2.38 bits per heavy atom. The summed E-state index contributed by atoms with van der Waals surface area (Å²) in [5.41, 5.74) is 9.97. The normalized spacial score (nSPS) is 12.8. The van der Waals surface area contributed by atoms with E-state index in [1.807, 2.05) is 0 Å². The molecule has 4 heteroatoms. The average Bonchev–Trinajstić information content (AvgIpc) is 1.65. The van der Waals surface area contributed by atoms with Gasteiger partial charge in [0.05, 0.1) is 12.6 Å². The minimum absolute atomic E-state index is 0.0160. The molecule has 0 rings (SSSR count). The van der Waals surface area contributed by atoms with E-state index in [4.69, 9.17) is 16.6 Å². The Morgan fingerprint density at radius 1 is 1.75 bits per heavy atom. The van der Waals surface area contributed by atoms with Crippen molar-refractivity contribution in [1.82, 2.24) is 0 Å². The van der Waals surface area contributed by atoms with Gasteiger partial charge in [0, 0.05) is 0 Å². The zero-order valence-corrected chi connectivity index (χ0v) is 4.83. The maximum Gasteiger partial charge on any atom is 0.186 e. The van der Waals surface area contributed by atoms with Crippen LogP contribution in [0.2, 0.25) is 0 Å². The summed E-state index contributed by atoms with van der Waals surface area (Å²) in [6.07, 6.45) is 0. The van der Waals surface area contributed by atoms with Gasteiger partial charge >= 0.3 is 0 Å². The third-order valence-corrected chi connectivity index (χ3v) is 0.634. The lowest BCUT2D eigenvalue weighted by atomic mass is 10.4. The lowest BCUT2D eigenvalue weighted by molar-refractivity contribution is 0.274. The van der Waals surface area contributed by atoms with Crippen molar-refractivity contribution < 1.29 is 5.11 Å². The van der Waals surface area contributed by atoms with Crippen LogP contribution in [0.25, 0.3) is 0 Å². The molecule has 0 fully saturated rings. The molecule has 0 saturated heterocycles. The van der Waals surface area contributed by atoms with Crippen LogP contribution in [0.1, 0.15) is 6.92 Å². The SMILES string of the molecule is C[C@@H](CO)N=C(N)N. The molecule has 4 nitrogen and oxygen atoms in total. The van der Waals surface area contributed by atoms with Crippen molar-refractivity contribution in [3.63, 3.8) is 0 Å². The largest absolute Gasteiger partial charge is 0.394 e. The summed E-state index contributed by atoms with van der Waals surface area (Å²) in [5, 5.41) is 8.37. The van der Waals surface area contributed by atoms with Gasteiger partial charge in [-0.25, -0.2) is 4.99 Å². The molecule has 0 aliphatic heterocycles. The van der Waals surface area contributed by atoms with Crippen LogP contribution in [0.15, 0.2) is 4.99 Å². The summed E-state index contributed by atoms with van der Waals surface area (Å²) < 4.78 is 0. The van der Waals surface area contributed by atoms with Crippen molar-refractivity contribution in [3.8, 4) is 0 Å². The molecule has 0 saturated carbocycles. The molecule has 5 N–H and O–H groups in total. The minimum Gasteiger partial charge on any atom is -0.394 e. The van der Waals surface area contributed by atoms with E-state index in [9.17, 15) is 0 Å². The fourth-order valence-electron chi connectivity index (χ4n) is 0.295. The van der Waals surface area contributed by atoms with E-state index in [0.717, 1.165) is 0 Å². The van der Waals surface area contributed by atoms with Gasteiger partial charge in [0.25, 0.3) is 0 Å². The standard InChI is InChI=1S/C4H11N3O/c1-3(2-8)7-4(5)6/h3,8H,2H2,1H3,(H4,5,6,7)/t3-/m0/s1. The summed E-state index contributed by atoms with van der Waals surface area (Å²) in [4.78, 5) is 3.62. The fraction of sp³-hybridized carbons (Fsp3) is 0.750. The number of guanidine groups is 1. The Labute approximate surface area is 48.2 Å². The number of nitrogens with zero attached hydrogens (tertiary/aromatic N) is 1. The summed E-state index contributed by atoms with van der Waals surface area (Å²) in [6.45, 7) is 1.71. The van der Waals surface area contributed by atoms with Crippen LogP contribution in [0.5, 0.6) is 0 Å². The molecule has 0 spiro atoms. The summed E-state index contributed by atoms with van der Waals surface area (Å²) >= 11 is 0. The number of rotatable bonds is 2. The first-order valence-electron chi connectivity index (χ1n) is 2.36. The van der Waals surface area contributed by atoms with E-state index in [0.29, 0.717) is 0 Å². The molecule has 0 heterocycles. The van der Waals surface area contributed by atoms with Gasteiger partial charge in [0.2, 0.25) is 0 Å². The lowest BCUT2D eigenvalue weighted by Crippen LogP contribution is -2.25. The fourth-order valence-corrected chi connectivity index (χ4v) is 0.295. The van der Waals surface area contributed by atoms with Gasteiger partial charge in [-0.3, -0.25) is 0 Å². The second kappa shape index (κ2) is 3.26. The molecule has 0 unspecified atom stereocenters. The molecule has 0 aromatic heterocycles. The third-order valence-electron chi connectivity index (χ3n) is 0.634. The Hall–Kier alpha value is -0.770. The Balaban J connectivity index is 3.51. The van der Waals surface area contributed by atoms with Crippen molar-refractivity contribution in [1.29, 1.82) is 0 Å². The van der Waals surface area contributed by atoms with E-state index in [1.54, 1.807) is 6.92 Å². The molecule has 0 aliphatic rings. The smallest absolute Gasteiger partial charge is 0.186 e. The van der Waals surface area contributed by atoms with E-state index < -0.39 is 0 Å². The molecular formula is C4H11N3O. The van der Waals surface area contributed by atoms with E-state index >= 15 is 0 Å². The molecule has 0 radical (unpaired) electrons. The molecule has 0 aliphatic carbocycles. The molecule has 0 bridgehead atoms. The summed E-state index contributed by atoms with van der Waals surface area (Å²) in [5.74, 6) is 0.0200. The monoisotopic (exact) mass is 117 g/mol. The number of hydrogen-bond acceptors (Lipinski definition) is 2. The second-order valence-corrected chi connectivity index (χ2v) is 1.59. The van der Waals surface area contributed by atoms with Crippen LogP contribution >= 0.6 is 0 Å². The Kier molecular flexibility index (Phi) is 2.95. The van der Waals surface area contributed by atoms with E-state index in [1.165, 1.54) is 0 Å². The molecular weight excluding hydrogens is 106 g/mol. The number of nitrogens with two attached hydrogens (primary N) is 2. The van der Waals surface area contributed by atoms with Crippen molar-refractivity contribution in [2.24, 2.45) is 16.5 Å². The van der Waals surface area contributed by atoms with E-state index in [2.05, 4.69) is 4.99 Å². The van der Waals surface area contributed by atoms with Crippen LogP contribution in [-0.4, -0.2) is 23.7 Å². The van der Waals surface area contributed by atoms with Gasteiger partial charge in [-0.15, -0.1) is 0 Å². The number of aliphatic imine (C=N–C) groups is 1. The second-order valence-electron chi connectivity index (χ2n) is 1.59. The first-order chi connectivity index (χ1) is 3.66. The summed E-state index contributed by atoms with van der Waals surface area (Å²) in [7, 11) is 0. The third kappa shape index (κ3) is 3.42. The molecule has 1 atom stereocenters. The topological polar surface area (TPSA) is 84.6 Å². The van der Waals surface area contributed by atoms with Gasteiger partial charge in [-0.2, -0.15) is 0 Å². The zero-order chi connectivity index (χ0) is 6.57. The molecule has 0 amide bonds. The van der Waals surface area contributed by atoms with Gasteiger partial charge in [-0.05, 0) is 6.92 Å². The molecule has 48 valence electrons. The highest BCUT2D eigenvalue weighted by molar-refractivity contribution is 5.75. The first-order valence-corrected chi connectivity index (χ1v) is 2.36. The van der Waals surface area contributed by atoms with Crippen LogP contribution in [0.4, 0.5) is 0 Å². The van der Waals surface area contributed by atoms with Crippen LogP contribution in [-0.2, 0) is 0 Å². The number of aliphatic hydroxyl groups is 1. The molecule has 0 aromatic carbocycles. The molecule has 0 aromatic rings. The first kappa shape index (κ1) is 7.23. The van der Waals surface area contributed by atoms with Gasteiger partial charge < -0.3 is 16.6 Å². The van der Waals surface area contributed by atoms with E-state index in [-0.39, 0.29) is 18.6 Å². The zero-order valence-electron chi connectivity index (χ0n) is 4.83. The average molecular weight is 117 g/mol. The number of hydrogen-bond donors (Lipinski definition) is 3. The van der Waals surface area contributed by atoms with Gasteiger partial charge in [0.15, 0.2) is 5.96 Å². The van der Waals surface area contributed by atoms with Crippen molar-refractivity contribution >= 4 is 5.96 Å². The maximum atomic E-state index is 8.37. The van der Waals surface area contributed by atoms with Crippen LogP contribution in [0.3, 0.4) is 0 Å². The van der Waals surface area contributed by atoms with Gasteiger partial charge in [-0.1, -0.05) is 0 Å². The Bertz CT molecular complexity index is 87.3. The highest BCUT2D eigenvalue weighted by atomic mass is 16.3. The predicted molar refractivity (Wildman–Crippen MR) is 32.4 cm³/mol. The maximum absolute atomic E-state index is 8.37. The van der Waals surface area contributed by atoms with Gasteiger partial charge in [0.1, 0.15) is 0 Å². The highest BCUT2D eigenvalue weighted by Crippen LogP contribution is 1.82. The minimum atomic E-state index is -0.181. The quantitative estimate of drug-likeness (QED) is 0.308. The Morgan fingerprint density at radius 2 is 2.25 bits per heavy atom. The summed E-state index contributed by atoms with van der Waals surface area (Å²) in [6, 6.07) is -0.181. The number of aliphatic hydroxyl groups excluding tert-OH is 1. The van der Waals surface area contributed by atoms with Crippen molar-refractivity contribution in [2.45, 2.75) is 13.0 Å². The lowest BCUT2D eigenvalue weighted by Gasteiger charge is -1.98. The predicted octanol–water partition coefficient (Wildman–Crippen LogP) is -1.36. The highest BCUT2D eigenvalue weighted by Gasteiger charge is 1.92. The van der Waals surface area contributed by atoms with Crippen molar-refractivity contribution in [2.75, 3.05) is 6.61 Å². The van der Waals surface area contributed by atoms with Crippen LogP contribution < -0.4 is 11.5 Å².